The molecule has 6 heteroatoms. The van der Waals surface area contributed by atoms with Crippen molar-refractivity contribution in [1.82, 2.24) is 19.8 Å². The van der Waals surface area contributed by atoms with E-state index in [4.69, 9.17) is 0 Å². The Morgan fingerprint density at radius 2 is 1.67 bits per heavy atom. The predicted octanol–water partition coefficient (Wildman–Crippen LogP) is 2.35. The van der Waals surface area contributed by atoms with E-state index in [2.05, 4.69) is 15.3 Å². The van der Waals surface area contributed by atoms with Crippen molar-refractivity contribution in [3.63, 3.8) is 0 Å². The summed E-state index contributed by atoms with van der Waals surface area (Å²) in [6.07, 6.45) is 0. The zero-order chi connectivity index (χ0) is 14.7. The molecule has 0 aliphatic heterocycles. The number of benzene rings is 1. The molecule has 0 saturated heterocycles. The van der Waals surface area contributed by atoms with E-state index in [1.807, 2.05) is 12.1 Å². The van der Waals surface area contributed by atoms with Gasteiger partial charge >= 0.3 is 5.69 Å². The van der Waals surface area contributed by atoms with E-state index in [1.54, 1.807) is 36.4 Å². The minimum atomic E-state index is -0.438. The van der Waals surface area contributed by atoms with Crippen LogP contribution in [0, 0.1) is 5.82 Å². The summed E-state index contributed by atoms with van der Waals surface area (Å²) >= 11 is 0. The van der Waals surface area contributed by atoms with E-state index in [0.717, 1.165) is 0 Å². The van der Waals surface area contributed by atoms with Gasteiger partial charge in [-0.2, -0.15) is 14.7 Å². The van der Waals surface area contributed by atoms with Gasteiger partial charge < -0.3 is 0 Å². The molecule has 0 unspecified atom stereocenters. The fourth-order valence-corrected chi connectivity index (χ4v) is 1.84. The van der Waals surface area contributed by atoms with Gasteiger partial charge in [0.2, 0.25) is 0 Å². The van der Waals surface area contributed by atoms with Crippen molar-refractivity contribution in [2.45, 2.75) is 0 Å². The Bertz CT molecular complexity index is 882. The van der Waals surface area contributed by atoms with Crippen molar-refractivity contribution >= 4 is 5.65 Å². The maximum atomic E-state index is 13.0. The summed E-state index contributed by atoms with van der Waals surface area (Å²) in [4.78, 5) is 11.8. The number of rotatable bonds is 1. The van der Waals surface area contributed by atoms with Crippen molar-refractivity contribution in [2.75, 3.05) is 0 Å². The summed E-state index contributed by atoms with van der Waals surface area (Å²) in [5, 5.41) is 10.5. The van der Waals surface area contributed by atoms with Gasteiger partial charge in [0.15, 0.2) is 5.65 Å². The van der Waals surface area contributed by atoms with Crippen LogP contribution in [0.1, 0.15) is 0 Å². The minimum absolute atomic E-state index is 0.327. The van der Waals surface area contributed by atoms with Gasteiger partial charge in [-0.05, 0) is 36.4 Å². The van der Waals surface area contributed by atoms with E-state index in [-0.39, 0.29) is 5.82 Å². The Kier molecular flexibility index (Phi) is 3.42. The van der Waals surface area contributed by atoms with Crippen LogP contribution >= 0.6 is 0 Å². The van der Waals surface area contributed by atoms with Crippen molar-refractivity contribution in [2.24, 2.45) is 0 Å². The van der Waals surface area contributed by atoms with Crippen molar-refractivity contribution in [3.05, 3.63) is 77.0 Å². The lowest BCUT2D eigenvalue weighted by atomic mass is 10.1. The number of H-pyrrole nitrogens is 1. The number of nitrogens with one attached hydrogen (secondary N) is 1. The van der Waals surface area contributed by atoms with Crippen molar-refractivity contribution < 1.29 is 4.39 Å². The van der Waals surface area contributed by atoms with Crippen LogP contribution in [-0.2, 0) is 0 Å². The average Bonchev–Trinajstić information content (AvgIpc) is 2.84. The SMILES string of the molecule is O=c1[nH]nc2ccccccc(-c3ccc(F)cc3)nn12. The summed E-state index contributed by atoms with van der Waals surface area (Å²) in [5.74, 6) is -0.327. The third-order valence-electron chi connectivity index (χ3n) is 2.86. The van der Waals surface area contributed by atoms with E-state index >= 15 is 0 Å². The first kappa shape index (κ1) is 13.0. The van der Waals surface area contributed by atoms with Crippen LogP contribution in [0.15, 0.2) is 65.5 Å². The molecular formula is C15H11FN4O. The van der Waals surface area contributed by atoms with Crippen LogP contribution in [0.25, 0.3) is 16.9 Å². The third kappa shape index (κ3) is 2.79. The standard InChI is InChI=1S/C15H11FN4O/c16-12-9-7-11(8-10-12)13-5-3-1-2-4-6-14-17-18-15(21)20(14)19-13/h1-10H,(H,18,21). The Morgan fingerprint density at radius 3 is 2.43 bits per heavy atom. The summed E-state index contributed by atoms with van der Waals surface area (Å²) < 4.78 is 14.2. The molecule has 104 valence electrons. The number of hydrogen-bond acceptors (Lipinski definition) is 3. The summed E-state index contributed by atoms with van der Waals surface area (Å²) in [5.41, 5.74) is 1.18. The highest BCUT2D eigenvalue weighted by atomic mass is 19.1. The first-order valence-corrected chi connectivity index (χ1v) is 6.28. The molecule has 0 bridgehead atoms. The fourth-order valence-electron chi connectivity index (χ4n) is 1.84. The second kappa shape index (κ2) is 5.54. The summed E-state index contributed by atoms with van der Waals surface area (Å²) in [6, 6.07) is 16.5. The second-order valence-corrected chi connectivity index (χ2v) is 4.29. The van der Waals surface area contributed by atoms with E-state index in [9.17, 15) is 9.18 Å². The number of aromatic nitrogens is 4. The van der Waals surface area contributed by atoms with Gasteiger partial charge in [0.05, 0.1) is 5.69 Å². The topological polar surface area (TPSA) is 63.0 Å². The number of nitrogens with zero attached hydrogens (tertiary/aromatic N) is 3. The van der Waals surface area contributed by atoms with Crippen molar-refractivity contribution in [1.29, 1.82) is 0 Å². The Hall–Kier alpha value is -3.02. The first-order chi connectivity index (χ1) is 10.2. The highest BCUT2D eigenvalue weighted by Gasteiger charge is 2.01. The molecule has 0 atom stereocenters. The highest BCUT2D eigenvalue weighted by Crippen LogP contribution is 2.15. The highest BCUT2D eigenvalue weighted by molar-refractivity contribution is 5.57. The number of halogens is 1. The Balaban J connectivity index is 2.33. The Morgan fingerprint density at radius 1 is 0.952 bits per heavy atom. The molecule has 3 rings (SSSR count). The minimum Gasteiger partial charge on any atom is -0.244 e. The molecule has 0 radical (unpaired) electrons. The van der Waals surface area contributed by atoms with E-state index in [1.165, 1.54) is 16.6 Å². The smallest absolute Gasteiger partial charge is 0.244 e. The largest absolute Gasteiger partial charge is 0.364 e. The van der Waals surface area contributed by atoms with Crippen LogP contribution in [0.4, 0.5) is 4.39 Å². The predicted molar refractivity (Wildman–Crippen MR) is 76.6 cm³/mol. The van der Waals surface area contributed by atoms with Gasteiger partial charge in [-0.25, -0.2) is 14.3 Å². The lowest BCUT2D eigenvalue weighted by Gasteiger charge is -1.98. The monoisotopic (exact) mass is 282 g/mol. The number of aromatic amines is 1. The molecule has 0 aliphatic carbocycles. The molecule has 0 spiro atoms. The maximum absolute atomic E-state index is 13.0. The number of hydrogen-bond donors (Lipinski definition) is 1. The molecule has 2 aromatic heterocycles. The van der Waals surface area contributed by atoms with E-state index < -0.39 is 5.69 Å². The van der Waals surface area contributed by atoms with Gasteiger partial charge in [0.25, 0.3) is 0 Å². The first-order valence-electron chi connectivity index (χ1n) is 6.28. The molecule has 1 aromatic carbocycles. The quantitative estimate of drug-likeness (QED) is 0.745. The van der Waals surface area contributed by atoms with Gasteiger partial charge in [-0.1, -0.05) is 24.3 Å². The fraction of sp³-hybridized carbons (Fsp3) is 0. The van der Waals surface area contributed by atoms with Crippen LogP contribution in [-0.4, -0.2) is 19.8 Å². The lowest BCUT2D eigenvalue weighted by Crippen LogP contribution is -2.11. The van der Waals surface area contributed by atoms with Gasteiger partial charge in [0.1, 0.15) is 5.82 Å². The number of fused-ring (bicyclic) bond motifs is 1. The maximum Gasteiger partial charge on any atom is 0.364 e. The van der Waals surface area contributed by atoms with Crippen LogP contribution in [0.5, 0.6) is 0 Å². The Labute approximate surface area is 119 Å². The molecule has 0 amide bonds. The van der Waals surface area contributed by atoms with Gasteiger partial charge in [-0.15, -0.1) is 0 Å². The van der Waals surface area contributed by atoms with Crippen molar-refractivity contribution in [3.8, 4) is 11.3 Å². The normalized spacial score (nSPS) is 10.3. The molecular weight excluding hydrogens is 271 g/mol. The molecule has 1 N–H and O–H groups in total. The molecule has 0 fully saturated rings. The van der Waals surface area contributed by atoms with Gasteiger partial charge in [-0.3, -0.25) is 0 Å². The summed E-state index contributed by atoms with van der Waals surface area (Å²) in [6.45, 7) is 0. The zero-order valence-electron chi connectivity index (χ0n) is 10.9. The molecule has 2 heterocycles. The van der Waals surface area contributed by atoms with E-state index in [0.29, 0.717) is 16.9 Å². The summed E-state index contributed by atoms with van der Waals surface area (Å²) in [7, 11) is 0. The van der Waals surface area contributed by atoms with Gasteiger partial charge in [0, 0.05) is 5.56 Å². The molecule has 0 aliphatic rings. The van der Waals surface area contributed by atoms with Crippen LogP contribution < -0.4 is 5.69 Å². The molecule has 5 nitrogen and oxygen atoms in total. The zero-order valence-corrected chi connectivity index (χ0v) is 10.9. The van der Waals surface area contributed by atoms with Crippen LogP contribution in [0.2, 0.25) is 0 Å². The third-order valence-corrected chi connectivity index (χ3v) is 2.86. The lowest BCUT2D eigenvalue weighted by molar-refractivity contribution is 0.628. The molecule has 0 saturated carbocycles. The van der Waals surface area contributed by atoms with Crippen LogP contribution in [0.3, 0.4) is 0 Å². The molecule has 21 heavy (non-hydrogen) atoms. The molecule has 3 aromatic rings. The second-order valence-electron chi connectivity index (χ2n) is 4.29. The average molecular weight is 282 g/mol.